The molecule has 2 aromatic heterocycles. The molecular weight excluding hydrogens is 577 g/mol. The minimum atomic E-state index is -2.67. The molecule has 35 heavy (non-hydrogen) atoms. The maximum atomic E-state index is 12.1. The van der Waals surface area contributed by atoms with Gasteiger partial charge in [0.25, 0.3) is 0 Å². The molecule has 0 radical (unpaired) electrons. The number of piperazine rings is 1. The molecule has 11 heteroatoms. The lowest BCUT2D eigenvalue weighted by molar-refractivity contribution is 0.130. The van der Waals surface area contributed by atoms with Crippen molar-refractivity contribution in [1.29, 1.82) is 0 Å². The number of halogens is 1. The Hall–Kier alpha value is -2.06. The van der Waals surface area contributed by atoms with Gasteiger partial charge in [0.05, 0.1) is 29.6 Å². The van der Waals surface area contributed by atoms with E-state index in [0.717, 1.165) is 68.7 Å². The van der Waals surface area contributed by atoms with E-state index in [-0.39, 0.29) is 0 Å². The summed E-state index contributed by atoms with van der Waals surface area (Å²) in [6.45, 7) is 10.8. The lowest BCUT2D eigenvalue weighted by Crippen LogP contribution is -2.47. The van der Waals surface area contributed by atoms with Gasteiger partial charge in [0.2, 0.25) is 19.8 Å². The van der Waals surface area contributed by atoms with E-state index in [1.165, 1.54) is 5.56 Å². The smallest absolute Gasteiger partial charge is 0.246 e. The molecule has 0 spiro atoms. The van der Waals surface area contributed by atoms with Crippen LogP contribution in [0.15, 0.2) is 53.6 Å². The molecule has 190 valence electrons. The fourth-order valence-corrected chi connectivity index (χ4v) is 7.73. The van der Waals surface area contributed by atoms with Crippen LogP contribution in [-0.2, 0) is 16.7 Å². The van der Waals surface area contributed by atoms with Gasteiger partial charge in [0, 0.05) is 59.1 Å². The standard InChI is InChI=1S/C24H34IN7O2S/c1-19-24(20(2)30(3)28-19)29-35(34,25-33)22-9-10-23(27-17-22)26-11-12-31-13-15-32(16-14-31)18-21-7-5-4-6-8-21/h4-10,17,29,34H,11-16,18H2,1-3H3,(H,26,27). The number of rotatable bonds is 10. The topological polar surface area (TPSA) is 98.5 Å². The van der Waals surface area contributed by atoms with Crippen molar-refractivity contribution in [3.63, 3.8) is 0 Å². The number of nitrogens with one attached hydrogen (secondary N) is 2. The molecule has 3 N–H and O–H groups in total. The largest absolute Gasteiger partial charge is 0.369 e. The first-order chi connectivity index (χ1) is 16.9. The zero-order valence-corrected chi connectivity index (χ0v) is 23.4. The zero-order valence-electron chi connectivity index (χ0n) is 20.4. The van der Waals surface area contributed by atoms with Gasteiger partial charge in [-0.25, -0.2) is 4.98 Å². The fourth-order valence-electron chi connectivity index (χ4n) is 4.17. The van der Waals surface area contributed by atoms with E-state index < -0.39 is 27.5 Å². The number of pyridine rings is 1. The van der Waals surface area contributed by atoms with Crippen LogP contribution in [0.4, 0.5) is 11.5 Å². The number of benzene rings is 1. The molecule has 1 aliphatic heterocycles. The first kappa shape index (κ1) is 26.0. The molecular formula is C24H34IN7O2S. The molecule has 1 unspecified atom stereocenters. The summed E-state index contributed by atoms with van der Waals surface area (Å²) in [6, 6.07) is 14.3. The molecule has 1 fully saturated rings. The molecule has 0 aliphatic carbocycles. The van der Waals surface area contributed by atoms with Gasteiger partial charge < -0.3 is 14.6 Å². The summed E-state index contributed by atoms with van der Waals surface area (Å²) < 4.78 is 28.1. The molecule has 9 nitrogen and oxygen atoms in total. The Morgan fingerprint density at radius 2 is 1.77 bits per heavy atom. The average Bonchev–Trinajstić information content (AvgIpc) is 3.11. The number of hydrogen-bond donors (Lipinski definition) is 3. The minimum Gasteiger partial charge on any atom is -0.369 e. The lowest BCUT2D eigenvalue weighted by atomic mass is 10.2. The predicted molar refractivity (Wildman–Crippen MR) is 150 cm³/mol. The van der Waals surface area contributed by atoms with Crippen LogP contribution in [0.5, 0.6) is 0 Å². The summed E-state index contributed by atoms with van der Waals surface area (Å²) in [4.78, 5) is 10.00. The quantitative estimate of drug-likeness (QED) is 0.287. The van der Waals surface area contributed by atoms with Crippen LogP contribution in [0.3, 0.4) is 0 Å². The first-order valence-electron chi connectivity index (χ1n) is 11.7. The second kappa shape index (κ2) is 11.8. The van der Waals surface area contributed by atoms with E-state index in [0.29, 0.717) is 4.90 Å². The van der Waals surface area contributed by atoms with Gasteiger partial charge in [0.1, 0.15) is 5.82 Å². The Balaban J connectivity index is 1.25. The third kappa shape index (κ3) is 6.58. The molecule has 1 atom stereocenters. The fraction of sp³-hybridized carbons (Fsp3) is 0.417. The van der Waals surface area contributed by atoms with Crippen molar-refractivity contribution in [2.45, 2.75) is 25.3 Å². The molecule has 1 saturated heterocycles. The van der Waals surface area contributed by atoms with Gasteiger partial charge in [-0.05, 0) is 31.5 Å². The molecule has 4 rings (SSSR count). The second-order valence-electron chi connectivity index (χ2n) is 8.75. The highest BCUT2D eigenvalue weighted by Gasteiger charge is 2.27. The molecule has 0 amide bonds. The van der Waals surface area contributed by atoms with Crippen molar-refractivity contribution >= 4 is 39.0 Å². The van der Waals surface area contributed by atoms with Crippen LogP contribution in [-0.4, -0.2) is 68.4 Å². The summed E-state index contributed by atoms with van der Waals surface area (Å²) in [5.74, 6) is 0.746. The lowest BCUT2D eigenvalue weighted by Gasteiger charge is -2.34. The van der Waals surface area contributed by atoms with Crippen molar-refractivity contribution in [1.82, 2.24) is 24.6 Å². The highest BCUT2D eigenvalue weighted by molar-refractivity contribution is 14.2. The van der Waals surface area contributed by atoms with Gasteiger partial charge in [-0.2, -0.15) is 5.10 Å². The maximum Gasteiger partial charge on any atom is 0.246 e. The molecule has 0 saturated carbocycles. The summed E-state index contributed by atoms with van der Waals surface area (Å²) in [5.41, 5.74) is 3.75. The summed E-state index contributed by atoms with van der Waals surface area (Å²) in [7, 11) is -0.827. The van der Waals surface area contributed by atoms with Crippen molar-refractivity contribution in [2.24, 2.45) is 7.05 Å². The van der Waals surface area contributed by atoms with Crippen molar-refractivity contribution in [2.75, 3.05) is 49.3 Å². The van der Waals surface area contributed by atoms with Crippen LogP contribution in [0.25, 0.3) is 0 Å². The van der Waals surface area contributed by atoms with Crippen LogP contribution < -0.4 is 10.0 Å². The van der Waals surface area contributed by atoms with Gasteiger partial charge in [-0.15, -0.1) is 0 Å². The average molecular weight is 612 g/mol. The SMILES string of the molecule is Cc1nn(C)c(C)c1NS(O)(I=O)c1ccc(NCCN2CCN(Cc3ccccc3)CC2)nc1. The Morgan fingerprint density at radius 3 is 2.37 bits per heavy atom. The zero-order chi connectivity index (χ0) is 24.8. The molecule has 3 aromatic rings. The summed E-state index contributed by atoms with van der Waals surface area (Å²) >= 11 is -1.74. The summed E-state index contributed by atoms with van der Waals surface area (Å²) in [5, 5.41) is 7.74. The number of aromatic nitrogens is 3. The number of hydrogen-bond acceptors (Lipinski definition) is 8. The highest BCUT2D eigenvalue weighted by atomic mass is 127. The third-order valence-corrected chi connectivity index (χ3v) is 11.6. The van der Waals surface area contributed by atoms with E-state index in [9.17, 15) is 7.62 Å². The van der Waals surface area contributed by atoms with Crippen LogP contribution >= 0.6 is 27.5 Å². The highest BCUT2D eigenvalue weighted by Crippen LogP contribution is 2.62. The second-order valence-corrected chi connectivity index (χ2v) is 15.5. The Labute approximate surface area is 217 Å². The van der Waals surface area contributed by atoms with Crippen molar-refractivity contribution in [3.8, 4) is 0 Å². The Bertz CT molecular complexity index is 1120. The minimum absolute atomic E-state index is 0.558. The first-order valence-corrected chi connectivity index (χ1v) is 16.7. The van der Waals surface area contributed by atoms with E-state index in [1.807, 2.05) is 27.0 Å². The van der Waals surface area contributed by atoms with Crippen molar-refractivity contribution < 1.29 is 7.62 Å². The van der Waals surface area contributed by atoms with Crippen molar-refractivity contribution in [3.05, 3.63) is 65.6 Å². The third-order valence-electron chi connectivity index (χ3n) is 6.33. The van der Waals surface area contributed by atoms with Gasteiger partial charge in [-0.3, -0.25) is 17.6 Å². The van der Waals surface area contributed by atoms with E-state index >= 15 is 0 Å². The monoisotopic (exact) mass is 611 g/mol. The maximum absolute atomic E-state index is 12.1. The number of aryl methyl sites for hydroxylation is 2. The predicted octanol–water partition coefficient (Wildman–Crippen LogP) is 4.56. The molecule has 1 aliphatic rings. The van der Waals surface area contributed by atoms with Crippen LogP contribution in [0.2, 0.25) is 0 Å². The van der Waals surface area contributed by atoms with Crippen LogP contribution in [0.1, 0.15) is 17.0 Å². The van der Waals surface area contributed by atoms with E-state index in [4.69, 9.17) is 0 Å². The van der Waals surface area contributed by atoms with Crippen LogP contribution in [0, 0.1) is 13.8 Å². The van der Waals surface area contributed by atoms with Gasteiger partial charge in [0.15, 0.2) is 0 Å². The molecule has 1 aromatic carbocycles. The van der Waals surface area contributed by atoms with Gasteiger partial charge >= 0.3 is 0 Å². The number of anilines is 2. The van der Waals surface area contributed by atoms with E-state index in [2.05, 4.69) is 60.3 Å². The Kier molecular flexibility index (Phi) is 8.76. The molecule has 3 heterocycles. The number of nitrogens with zero attached hydrogens (tertiary/aromatic N) is 5. The molecule has 0 bridgehead atoms. The van der Waals surface area contributed by atoms with Gasteiger partial charge in [-0.1, -0.05) is 30.3 Å². The normalized spacial score (nSPS) is 17.6. The summed E-state index contributed by atoms with van der Waals surface area (Å²) in [6.07, 6.45) is 1.62. The van der Waals surface area contributed by atoms with E-state index in [1.54, 1.807) is 16.9 Å². The Morgan fingerprint density at radius 1 is 1.06 bits per heavy atom.